The Balaban J connectivity index is 1.75. The lowest BCUT2D eigenvalue weighted by Crippen LogP contribution is -2.48. The molecule has 3 aliphatic rings. The monoisotopic (exact) mass is 314 g/mol. The number of hydrogen-bond donors (Lipinski definition) is 0. The van der Waals surface area contributed by atoms with Gasteiger partial charge in [0.2, 0.25) is 0 Å². The van der Waals surface area contributed by atoms with Crippen LogP contribution >= 0.6 is 35.1 Å². The molecule has 1 aromatic rings. The van der Waals surface area contributed by atoms with Gasteiger partial charge >= 0.3 is 0 Å². The second-order valence-corrected chi connectivity index (χ2v) is 8.53. The normalized spacial score (nSPS) is 33.6. The van der Waals surface area contributed by atoms with E-state index in [0.717, 1.165) is 11.6 Å². The van der Waals surface area contributed by atoms with E-state index in [-0.39, 0.29) is 4.27 Å². The van der Waals surface area contributed by atoms with Crippen LogP contribution in [0.25, 0.3) is 0 Å². The molecule has 2 bridgehead atoms. The highest BCUT2D eigenvalue weighted by molar-refractivity contribution is 8.17. The van der Waals surface area contributed by atoms with Gasteiger partial charge in [0.1, 0.15) is 0 Å². The van der Waals surface area contributed by atoms with Crippen molar-refractivity contribution in [1.82, 2.24) is 0 Å². The van der Waals surface area contributed by atoms with Gasteiger partial charge in [0.15, 0.2) is 4.27 Å². The summed E-state index contributed by atoms with van der Waals surface area (Å²) < 4.78 is 6.09. The van der Waals surface area contributed by atoms with Crippen LogP contribution in [0.3, 0.4) is 0 Å². The van der Waals surface area contributed by atoms with Crippen molar-refractivity contribution in [1.29, 1.82) is 0 Å². The fourth-order valence-corrected chi connectivity index (χ4v) is 6.15. The van der Waals surface area contributed by atoms with Gasteiger partial charge < -0.3 is 4.74 Å². The van der Waals surface area contributed by atoms with Gasteiger partial charge in [-0.05, 0) is 18.6 Å². The van der Waals surface area contributed by atoms with E-state index < -0.39 is 0 Å². The lowest BCUT2D eigenvalue weighted by Gasteiger charge is -2.52. The van der Waals surface area contributed by atoms with E-state index in [1.54, 1.807) is 0 Å². The molecule has 19 heavy (non-hydrogen) atoms. The number of benzene rings is 1. The summed E-state index contributed by atoms with van der Waals surface area (Å²) >= 11 is 9.91. The Bertz CT molecular complexity index is 421. The molecular weight excluding hydrogens is 296 g/mol. The Hall–Kier alpha value is 0.170. The molecule has 0 amide bonds. The minimum atomic E-state index is -0.182. The van der Waals surface area contributed by atoms with E-state index in [4.69, 9.17) is 16.3 Å². The van der Waals surface area contributed by atoms with Crippen LogP contribution in [0.2, 0.25) is 5.02 Å². The van der Waals surface area contributed by atoms with Crippen LogP contribution in [0.15, 0.2) is 24.3 Å². The zero-order valence-corrected chi connectivity index (χ0v) is 13.5. The van der Waals surface area contributed by atoms with E-state index >= 15 is 0 Å². The third kappa shape index (κ3) is 2.67. The SMILES string of the molecule is CCCCC12COC(c3ccc(Cl)cc3)(SC1)SC2. The number of hydrogen-bond acceptors (Lipinski definition) is 3. The number of fused-ring (bicyclic) bond motifs is 3. The predicted octanol–water partition coefficient (Wildman–Crippen LogP) is 5.14. The first kappa shape index (κ1) is 14.1. The molecule has 0 aliphatic carbocycles. The number of rotatable bonds is 4. The first-order chi connectivity index (χ1) is 9.18. The maximum atomic E-state index is 6.27. The Labute approximate surface area is 128 Å². The minimum absolute atomic E-state index is 0.182. The number of unbranched alkanes of at least 4 members (excludes halogenated alkanes) is 1. The van der Waals surface area contributed by atoms with Crippen LogP contribution in [0.1, 0.15) is 31.7 Å². The lowest BCUT2D eigenvalue weighted by molar-refractivity contribution is 0.00195. The number of ether oxygens (including phenoxy) is 1. The third-order valence-electron chi connectivity index (χ3n) is 3.96. The molecule has 1 aromatic carbocycles. The summed E-state index contributed by atoms with van der Waals surface area (Å²) in [7, 11) is 0. The van der Waals surface area contributed by atoms with Crippen LogP contribution in [-0.4, -0.2) is 18.1 Å². The van der Waals surface area contributed by atoms with Gasteiger partial charge in [0, 0.05) is 27.5 Å². The molecule has 0 N–H and O–H groups in total. The molecule has 3 aliphatic heterocycles. The van der Waals surface area contributed by atoms with Crippen molar-refractivity contribution >= 4 is 35.1 Å². The Morgan fingerprint density at radius 2 is 1.89 bits per heavy atom. The topological polar surface area (TPSA) is 9.23 Å². The summed E-state index contributed by atoms with van der Waals surface area (Å²) in [6.45, 7) is 3.18. The van der Waals surface area contributed by atoms with E-state index in [9.17, 15) is 0 Å². The number of thioether (sulfide) groups is 2. The molecule has 0 aromatic heterocycles. The average molecular weight is 315 g/mol. The average Bonchev–Trinajstić information content (AvgIpc) is 2.48. The van der Waals surface area contributed by atoms with E-state index in [2.05, 4.69) is 19.1 Å². The molecule has 3 heterocycles. The van der Waals surface area contributed by atoms with E-state index in [1.165, 1.54) is 36.3 Å². The molecule has 0 radical (unpaired) electrons. The molecule has 0 spiro atoms. The smallest absolute Gasteiger partial charge is 0.186 e. The summed E-state index contributed by atoms with van der Waals surface area (Å²) in [5, 5.41) is 0.791. The summed E-state index contributed by atoms with van der Waals surface area (Å²) in [5.74, 6) is 2.45. The molecule has 3 saturated heterocycles. The highest BCUT2D eigenvalue weighted by Gasteiger charge is 2.51. The molecule has 3 fully saturated rings. The minimum Gasteiger partial charge on any atom is -0.350 e. The van der Waals surface area contributed by atoms with Crippen LogP contribution in [0.4, 0.5) is 0 Å². The zero-order chi connectivity index (χ0) is 13.3. The number of halogens is 1. The highest BCUT2D eigenvalue weighted by Crippen LogP contribution is 2.61. The summed E-state index contributed by atoms with van der Waals surface area (Å²) in [5.41, 5.74) is 1.66. The zero-order valence-electron chi connectivity index (χ0n) is 11.2. The van der Waals surface area contributed by atoms with Gasteiger partial charge in [-0.1, -0.05) is 43.5 Å². The molecule has 104 valence electrons. The van der Waals surface area contributed by atoms with Gasteiger partial charge in [-0.2, -0.15) is 0 Å². The predicted molar refractivity (Wildman–Crippen MR) is 86.0 cm³/mol. The molecule has 4 rings (SSSR count). The Kier molecular flexibility index (Phi) is 4.10. The van der Waals surface area contributed by atoms with Crippen LogP contribution < -0.4 is 0 Å². The largest absolute Gasteiger partial charge is 0.350 e. The lowest BCUT2D eigenvalue weighted by atomic mass is 9.87. The first-order valence-corrected chi connectivity index (χ1v) is 9.21. The van der Waals surface area contributed by atoms with Crippen molar-refractivity contribution in [2.45, 2.75) is 30.5 Å². The van der Waals surface area contributed by atoms with Gasteiger partial charge in [-0.3, -0.25) is 0 Å². The molecule has 0 atom stereocenters. The summed E-state index contributed by atoms with van der Waals surface area (Å²) in [6.07, 6.45) is 3.90. The standard InChI is InChI=1S/C15H19ClOS2/c1-2-3-8-14-9-17-15(18-10-14,19-11-14)12-4-6-13(16)7-5-12/h4-7H,2-3,8-11H2,1H3. The second-order valence-electron chi connectivity index (χ2n) is 5.53. The van der Waals surface area contributed by atoms with Gasteiger partial charge in [-0.15, -0.1) is 23.5 Å². The first-order valence-electron chi connectivity index (χ1n) is 6.86. The van der Waals surface area contributed by atoms with Crippen molar-refractivity contribution in [2.75, 3.05) is 18.1 Å². The Morgan fingerprint density at radius 3 is 2.42 bits per heavy atom. The summed E-state index contributed by atoms with van der Waals surface area (Å²) in [6, 6.07) is 8.13. The van der Waals surface area contributed by atoms with Crippen molar-refractivity contribution in [3.63, 3.8) is 0 Å². The molecule has 0 saturated carbocycles. The van der Waals surface area contributed by atoms with Crippen LogP contribution in [0, 0.1) is 5.41 Å². The fourth-order valence-electron chi connectivity index (χ4n) is 2.67. The van der Waals surface area contributed by atoms with E-state index in [0.29, 0.717) is 5.41 Å². The Morgan fingerprint density at radius 1 is 1.21 bits per heavy atom. The van der Waals surface area contributed by atoms with Crippen molar-refractivity contribution < 1.29 is 4.74 Å². The summed E-state index contributed by atoms with van der Waals surface area (Å²) in [4.78, 5) is 0. The molecule has 1 nitrogen and oxygen atoms in total. The van der Waals surface area contributed by atoms with E-state index in [1.807, 2.05) is 35.7 Å². The van der Waals surface area contributed by atoms with Crippen LogP contribution in [-0.2, 0) is 9.00 Å². The van der Waals surface area contributed by atoms with Crippen molar-refractivity contribution in [2.24, 2.45) is 5.41 Å². The highest BCUT2D eigenvalue weighted by atomic mass is 35.5. The quantitative estimate of drug-likeness (QED) is 0.761. The molecule has 4 heteroatoms. The third-order valence-corrected chi connectivity index (χ3v) is 7.90. The maximum absolute atomic E-state index is 6.27. The van der Waals surface area contributed by atoms with Crippen molar-refractivity contribution in [3.8, 4) is 0 Å². The van der Waals surface area contributed by atoms with Gasteiger partial charge in [-0.25, -0.2) is 0 Å². The van der Waals surface area contributed by atoms with Gasteiger partial charge in [0.25, 0.3) is 0 Å². The second kappa shape index (κ2) is 5.51. The fraction of sp³-hybridized carbons (Fsp3) is 0.600. The molecule has 0 unspecified atom stereocenters. The van der Waals surface area contributed by atoms with Crippen LogP contribution in [0.5, 0.6) is 0 Å². The van der Waals surface area contributed by atoms with Crippen molar-refractivity contribution in [3.05, 3.63) is 34.9 Å². The molecular formula is C15H19ClOS2. The maximum Gasteiger partial charge on any atom is 0.186 e. The van der Waals surface area contributed by atoms with Gasteiger partial charge in [0.05, 0.1) is 6.61 Å².